The van der Waals surface area contributed by atoms with E-state index < -0.39 is 18.0 Å². The molecule has 0 amide bonds. The zero-order chi connectivity index (χ0) is 15.5. The van der Waals surface area contributed by atoms with E-state index in [0.717, 1.165) is 5.56 Å². The van der Waals surface area contributed by atoms with Crippen LogP contribution in [0, 0.1) is 5.92 Å². The molecule has 2 atom stereocenters. The van der Waals surface area contributed by atoms with E-state index in [1.54, 1.807) is 25.1 Å². The number of hydrogen-bond acceptors (Lipinski definition) is 4. The summed E-state index contributed by atoms with van der Waals surface area (Å²) in [5, 5.41) is 10.5. The van der Waals surface area contributed by atoms with Gasteiger partial charge >= 0.3 is 5.97 Å². The Kier molecular flexibility index (Phi) is 4.02. The molecule has 1 aliphatic rings. The van der Waals surface area contributed by atoms with Crippen LogP contribution < -0.4 is 4.74 Å². The fourth-order valence-corrected chi connectivity index (χ4v) is 2.59. The van der Waals surface area contributed by atoms with Crippen LogP contribution >= 0.6 is 0 Å². The second-order valence-corrected chi connectivity index (χ2v) is 5.32. The fourth-order valence-electron chi connectivity index (χ4n) is 2.59. The van der Waals surface area contributed by atoms with Crippen LogP contribution in [-0.4, -0.2) is 16.8 Å². The van der Waals surface area contributed by atoms with Crippen molar-refractivity contribution in [3.05, 3.63) is 65.7 Å². The molecule has 1 N–H and O–H groups in total. The van der Waals surface area contributed by atoms with Crippen molar-refractivity contribution in [3.8, 4) is 5.75 Å². The van der Waals surface area contributed by atoms with Crippen LogP contribution in [0.25, 0.3) is 0 Å². The third kappa shape index (κ3) is 2.78. The van der Waals surface area contributed by atoms with Gasteiger partial charge in [-0.1, -0.05) is 48.5 Å². The molecule has 0 aromatic heterocycles. The largest absolute Gasteiger partial charge is 0.426 e. The Labute approximate surface area is 129 Å². The van der Waals surface area contributed by atoms with Gasteiger partial charge in [0.15, 0.2) is 0 Å². The van der Waals surface area contributed by atoms with Crippen molar-refractivity contribution < 1.29 is 14.6 Å². The third-order valence-electron chi connectivity index (χ3n) is 3.82. The molecule has 1 heterocycles. The molecular weight excluding hydrogens is 278 g/mol. The summed E-state index contributed by atoms with van der Waals surface area (Å²) in [4.78, 5) is 16.6. The summed E-state index contributed by atoms with van der Waals surface area (Å²) in [5.74, 6) is -0.786. The van der Waals surface area contributed by atoms with Crippen LogP contribution in [0.1, 0.15) is 24.2 Å². The van der Waals surface area contributed by atoms with Crippen molar-refractivity contribution in [2.24, 2.45) is 10.9 Å². The Hall–Kier alpha value is -2.46. The van der Waals surface area contributed by atoms with E-state index >= 15 is 0 Å². The summed E-state index contributed by atoms with van der Waals surface area (Å²) in [5.41, 5.74) is 2.26. The highest BCUT2D eigenvalue weighted by Gasteiger charge is 2.38. The van der Waals surface area contributed by atoms with Crippen molar-refractivity contribution in [2.45, 2.75) is 19.6 Å². The molecular formula is C18H17NO3. The monoisotopic (exact) mass is 295 g/mol. The van der Waals surface area contributed by atoms with E-state index in [4.69, 9.17) is 4.74 Å². The average molecular weight is 295 g/mol. The molecule has 2 unspecified atom stereocenters. The van der Waals surface area contributed by atoms with Gasteiger partial charge in [0.1, 0.15) is 17.8 Å². The topological polar surface area (TPSA) is 58.9 Å². The SMILES string of the molecule is CC(=NCc1ccccc1)C1C(=O)Oc2ccccc2C1O. The van der Waals surface area contributed by atoms with Crippen molar-refractivity contribution in [1.29, 1.82) is 0 Å². The smallest absolute Gasteiger partial charge is 0.323 e. The van der Waals surface area contributed by atoms with Gasteiger partial charge in [-0.3, -0.25) is 9.79 Å². The number of esters is 1. The zero-order valence-electron chi connectivity index (χ0n) is 12.3. The number of aliphatic hydroxyl groups excluding tert-OH is 1. The van der Waals surface area contributed by atoms with Gasteiger partial charge in [-0.05, 0) is 18.6 Å². The molecule has 1 aliphatic heterocycles. The highest BCUT2D eigenvalue weighted by Crippen LogP contribution is 2.36. The molecule has 0 saturated carbocycles. The predicted molar refractivity (Wildman–Crippen MR) is 83.8 cm³/mol. The molecule has 3 rings (SSSR count). The van der Waals surface area contributed by atoms with E-state index in [9.17, 15) is 9.90 Å². The van der Waals surface area contributed by atoms with E-state index in [1.165, 1.54) is 0 Å². The Balaban J connectivity index is 1.83. The minimum atomic E-state index is -0.919. The first-order valence-electron chi connectivity index (χ1n) is 7.20. The number of nitrogens with zero attached hydrogens (tertiary/aromatic N) is 1. The van der Waals surface area contributed by atoms with Crippen LogP contribution in [0.4, 0.5) is 0 Å². The van der Waals surface area contributed by atoms with E-state index in [2.05, 4.69) is 4.99 Å². The number of fused-ring (bicyclic) bond motifs is 1. The minimum absolute atomic E-state index is 0.423. The van der Waals surface area contributed by atoms with Gasteiger partial charge in [-0.15, -0.1) is 0 Å². The molecule has 0 fully saturated rings. The van der Waals surface area contributed by atoms with Gasteiger partial charge in [0.05, 0.1) is 6.54 Å². The zero-order valence-corrected chi connectivity index (χ0v) is 12.3. The molecule has 2 aromatic carbocycles. The van der Waals surface area contributed by atoms with Gasteiger partial charge < -0.3 is 9.84 Å². The Morgan fingerprint density at radius 2 is 1.82 bits per heavy atom. The lowest BCUT2D eigenvalue weighted by molar-refractivity contribution is -0.141. The molecule has 0 bridgehead atoms. The third-order valence-corrected chi connectivity index (χ3v) is 3.82. The Morgan fingerprint density at radius 1 is 1.14 bits per heavy atom. The van der Waals surface area contributed by atoms with Crippen LogP contribution in [0.15, 0.2) is 59.6 Å². The number of aliphatic imine (C=N–C) groups is 1. The van der Waals surface area contributed by atoms with Crippen LogP contribution in [-0.2, 0) is 11.3 Å². The lowest BCUT2D eigenvalue weighted by Gasteiger charge is -2.28. The van der Waals surface area contributed by atoms with Crippen LogP contribution in [0.2, 0.25) is 0 Å². The number of carbonyl (C=O) groups excluding carboxylic acids is 1. The summed E-state index contributed by atoms with van der Waals surface area (Å²) in [6, 6.07) is 16.8. The molecule has 0 saturated heterocycles. The van der Waals surface area contributed by atoms with Crippen molar-refractivity contribution in [3.63, 3.8) is 0 Å². The molecule has 0 spiro atoms. The summed E-state index contributed by atoms with van der Waals surface area (Å²) < 4.78 is 5.31. The maximum atomic E-state index is 12.2. The first-order chi connectivity index (χ1) is 10.7. The predicted octanol–water partition coefficient (Wildman–Crippen LogP) is 2.92. The van der Waals surface area contributed by atoms with Gasteiger partial charge in [0.25, 0.3) is 0 Å². The number of para-hydroxylation sites is 1. The highest BCUT2D eigenvalue weighted by molar-refractivity contribution is 6.03. The Morgan fingerprint density at radius 3 is 2.59 bits per heavy atom. The van der Waals surface area contributed by atoms with E-state index in [1.807, 2.05) is 36.4 Å². The fraction of sp³-hybridized carbons (Fsp3) is 0.222. The maximum Gasteiger partial charge on any atom is 0.323 e. The lowest BCUT2D eigenvalue weighted by Crippen LogP contribution is -2.36. The summed E-state index contributed by atoms with van der Waals surface area (Å²) in [7, 11) is 0. The number of carbonyl (C=O) groups is 1. The quantitative estimate of drug-likeness (QED) is 0.538. The van der Waals surface area contributed by atoms with Gasteiger partial charge in [-0.2, -0.15) is 0 Å². The molecule has 22 heavy (non-hydrogen) atoms. The van der Waals surface area contributed by atoms with Crippen LogP contribution in [0.5, 0.6) is 5.75 Å². The van der Waals surface area contributed by atoms with Gasteiger partial charge in [0.2, 0.25) is 0 Å². The van der Waals surface area contributed by atoms with Gasteiger partial charge in [-0.25, -0.2) is 0 Å². The molecule has 4 nitrogen and oxygen atoms in total. The summed E-state index contributed by atoms with van der Waals surface area (Å²) in [6.07, 6.45) is -0.919. The number of rotatable bonds is 3. The first kappa shape index (κ1) is 14.5. The van der Waals surface area contributed by atoms with Gasteiger partial charge in [0, 0.05) is 11.3 Å². The van der Waals surface area contributed by atoms with Crippen molar-refractivity contribution in [1.82, 2.24) is 0 Å². The second-order valence-electron chi connectivity index (χ2n) is 5.32. The molecule has 0 aliphatic carbocycles. The highest BCUT2D eigenvalue weighted by atomic mass is 16.5. The molecule has 4 heteroatoms. The lowest BCUT2D eigenvalue weighted by atomic mass is 9.89. The molecule has 0 radical (unpaired) electrons. The van der Waals surface area contributed by atoms with E-state index in [0.29, 0.717) is 23.6 Å². The molecule has 112 valence electrons. The normalized spacial score (nSPS) is 21.2. The van der Waals surface area contributed by atoms with Crippen molar-refractivity contribution in [2.75, 3.05) is 0 Å². The number of benzene rings is 2. The summed E-state index contributed by atoms with van der Waals surface area (Å²) in [6.45, 7) is 2.23. The van der Waals surface area contributed by atoms with E-state index in [-0.39, 0.29) is 0 Å². The number of hydrogen-bond donors (Lipinski definition) is 1. The number of aliphatic hydroxyl groups is 1. The standard InChI is InChI=1S/C18H17NO3/c1-12(19-11-13-7-3-2-4-8-13)16-17(20)14-9-5-6-10-15(14)22-18(16)21/h2-10,16-17,20H,11H2,1H3. The first-order valence-corrected chi connectivity index (χ1v) is 7.20. The second kappa shape index (κ2) is 6.12. The van der Waals surface area contributed by atoms with Crippen LogP contribution in [0.3, 0.4) is 0 Å². The summed E-state index contributed by atoms with van der Waals surface area (Å²) >= 11 is 0. The average Bonchev–Trinajstić information content (AvgIpc) is 2.54. The van der Waals surface area contributed by atoms with Crippen molar-refractivity contribution >= 4 is 11.7 Å². The Bertz CT molecular complexity index is 709. The maximum absolute atomic E-state index is 12.2. The minimum Gasteiger partial charge on any atom is -0.426 e. The molecule has 2 aromatic rings. The number of ether oxygens (including phenoxy) is 1.